The van der Waals surface area contributed by atoms with Gasteiger partial charge in [-0.15, -0.1) is 0 Å². The highest BCUT2D eigenvalue weighted by Gasteiger charge is 2.20. The van der Waals surface area contributed by atoms with Crippen molar-refractivity contribution in [1.82, 2.24) is 9.88 Å². The van der Waals surface area contributed by atoms with Gasteiger partial charge in [-0.1, -0.05) is 52.3 Å². The van der Waals surface area contributed by atoms with Crippen molar-refractivity contribution in [3.05, 3.63) is 76.4 Å². The van der Waals surface area contributed by atoms with E-state index in [9.17, 15) is 9.59 Å². The van der Waals surface area contributed by atoms with Gasteiger partial charge in [0.15, 0.2) is 5.78 Å². The summed E-state index contributed by atoms with van der Waals surface area (Å²) in [5.41, 5.74) is 4.26. The first-order valence-corrected chi connectivity index (χ1v) is 10.2. The van der Waals surface area contributed by atoms with E-state index in [4.69, 9.17) is 0 Å². The van der Waals surface area contributed by atoms with Crippen LogP contribution in [0.4, 0.5) is 0 Å². The van der Waals surface area contributed by atoms with Gasteiger partial charge in [-0.3, -0.25) is 9.59 Å². The van der Waals surface area contributed by atoms with Crippen molar-refractivity contribution in [1.29, 1.82) is 0 Å². The summed E-state index contributed by atoms with van der Waals surface area (Å²) in [6, 6.07) is 15.5. The quantitative estimate of drug-likeness (QED) is 0.558. The number of nitrogens with one attached hydrogen (secondary N) is 1. The number of nitrogens with zero attached hydrogens (tertiary/aromatic N) is 1. The molecule has 2 aromatic carbocycles. The Morgan fingerprint density at radius 1 is 1.04 bits per heavy atom. The number of aromatic nitrogens is 1. The maximum absolute atomic E-state index is 12.5. The predicted octanol–water partition coefficient (Wildman–Crippen LogP) is 5.21. The van der Waals surface area contributed by atoms with E-state index < -0.39 is 0 Å². The zero-order valence-corrected chi connectivity index (χ0v) is 17.0. The second kappa shape index (κ2) is 8.15. The molecule has 4 nitrogen and oxygen atoms in total. The Kier molecular flexibility index (Phi) is 5.44. The van der Waals surface area contributed by atoms with Crippen LogP contribution in [-0.4, -0.2) is 34.7 Å². The highest BCUT2D eigenvalue weighted by Crippen LogP contribution is 2.29. The number of carbonyl (C=O) groups excluding carboxylic acids is 2. The molecule has 4 rings (SSSR count). The smallest absolute Gasteiger partial charge is 0.223 e. The van der Waals surface area contributed by atoms with Crippen molar-refractivity contribution in [2.24, 2.45) is 0 Å². The lowest BCUT2D eigenvalue weighted by Crippen LogP contribution is -2.34. The molecule has 28 heavy (non-hydrogen) atoms. The summed E-state index contributed by atoms with van der Waals surface area (Å²) in [6.07, 6.45) is 5.51. The Bertz CT molecular complexity index is 1050. The van der Waals surface area contributed by atoms with Crippen LogP contribution in [0.25, 0.3) is 16.5 Å². The molecule has 0 saturated carbocycles. The first kappa shape index (κ1) is 18.7. The number of Topliss-reactive ketones (excluding diaryl/α,β-unsaturated/α-hetero) is 1. The molecule has 1 amide bonds. The molecule has 2 heterocycles. The van der Waals surface area contributed by atoms with E-state index in [1.54, 1.807) is 12.1 Å². The Labute approximate surface area is 172 Å². The first-order valence-electron chi connectivity index (χ1n) is 9.44. The third-order valence-corrected chi connectivity index (χ3v) is 5.76. The number of hydrogen-bond donors (Lipinski definition) is 1. The number of halogens is 1. The fraction of sp³-hybridized carbons (Fsp3) is 0.217. The predicted molar refractivity (Wildman–Crippen MR) is 115 cm³/mol. The summed E-state index contributed by atoms with van der Waals surface area (Å²) in [5, 5.41) is 1.22. The van der Waals surface area contributed by atoms with Crippen molar-refractivity contribution in [3.63, 3.8) is 0 Å². The number of carbonyl (C=O) groups is 2. The molecule has 5 heteroatoms. The molecule has 0 fully saturated rings. The number of H-pyrrole nitrogens is 1. The number of ketones is 1. The second-order valence-electron chi connectivity index (χ2n) is 7.00. The van der Waals surface area contributed by atoms with Gasteiger partial charge in [0.05, 0.1) is 0 Å². The Morgan fingerprint density at radius 3 is 2.57 bits per heavy atom. The largest absolute Gasteiger partial charge is 0.361 e. The number of aromatic amines is 1. The van der Waals surface area contributed by atoms with Crippen molar-refractivity contribution >= 4 is 44.1 Å². The number of benzene rings is 2. The maximum Gasteiger partial charge on any atom is 0.223 e. The van der Waals surface area contributed by atoms with E-state index in [2.05, 4.69) is 39.1 Å². The molecule has 1 aromatic heterocycles. The van der Waals surface area contributed by atoms with E-state index >= 15 is 0 Å². The SMILES string of the molecule is O=C(CCC(=O)N1CC=C(c2c[nH]c3ccccc23)CC1)c1ccc(Br)cc1. The summed E-state index contributed by atoms with van der Waals surface area (Å²) in [6.45, 7) is 1.29. The van der Waals surface area contributed by atoms with Crippen molar-refractivity contribution < 1.29 is 9.59 Å². The molecule has 0 spiro atoms. The van der Waals surface area contributed by atoms with E-state index in [1.165, 1.54) is 16.5 Å². The minimum atomic E-state index is 0.00730. The van der Waals surface area contributed by atoms with Crippen LogP contribution in [0.15, 0.2) is 65.3 Å². The average molecular weight is 437 g/mol. The van der Waals surface area contributed by atoms with E-state index in [0.29, 0.717) is 18.7 Å². The zero-order valence-electron chi connectivity index (χ0n) is 15.5. The van der Waals surface area contributed by atoms with Crippen LogP contribution in [0.1, 0.15) is 35.2 Å². The van der Waals surface area contributed by atoms with Gasteiger partial charge in [-0.25, -0.2) is 0 Å². The van der Waals surface area contributed by atoms with Gasteiger partial charge in [-0.2, -0.15) is 0 Å². The molecule has 0 unspecified atom stereocenters. The van der Waals surface area contributed by atoms with Gasteiger partial charge in [0, 0.05) is 58.6 Å². The summed E-state index contributed by atoms with van der Waals surface area (Å²) in [7, 11) is 0. The van der Waals surface area contributed by atoms with E-state index in [0.717, 1.165) is 16.4 Å². The lowest BCUT2D eigenvalue weighted by molar-refractivity contribution is -0.130. The van der Waals surface area contributed by atoms with Gasteiger partial charge in [-0.05, 0) is 30.2 Å². The van der Waals surface area contributed by atoms with Gasteiger partial charge >= 0.3 is 0 Å². The first-order chi connectivity index (χ1) is 13.6. The summed E-state index contributed by atoms with van der Waals surface area (Å²) >= 11 is 3.36. The van der Waals surface area contributed by atoms with Crippen LogP contribution in [0.5, 0.6) is 0 Å². The van der Waals surface area contributed by atoms with Crippen LogP contribution in [-0.2, 0) is 4.79 Å². The minimum Gasteiger partial charge on any atom is -0.361 e. The van der Waals surface area contributed by atoms with E-state index in [1.807, 2.05) is 35.4 Å². The topological polar surface area (TPSA) is 53.2 Å². The van der Waals surface area contributed by atoms with Gasteiger partial charge in [0.1, 0.15) is 0 Å². The van der Waals surface area contributed by atoms with Crippen molar-refractivity contribution in [2.75, 3.05) is 13.1 Å². The fourth-order valence-corrected chi connectivity index (χ4v) is 3.90. The molecule has 0 bridgehead atoms. The fourth-order valence-electron chi connectivity index (χ4n) is 3.64. The molecule has 0 atom stereocenters. The van der Waals surface area contributed by atoms with E-state index in [-0.39, 0.29) is 24.5 Å². The third-order valence-electron chi connectivity index (χ3n) is 5.23. The number of rotatable bonds is 5. The molecule has 0 aliphatic carbocycles. The lowest BCUT2D eigenvalue weighted by atomic mass is 9.98. The highest BCUT2D eigenvalue weighted by atomic mass is 79.9. The van der Waals surface area contributed by atoms with Crippen molar-refractivity contribution in [3.8, 4) is 0 Å². The Morgan fingerprint density at radius 2 is 1.82 bits per heavy atom. The van der Waals surface area contributed by atoms with Crippen LogP contribution < -0.4 is 0 Å². The number of amides is 1. The number of fused-ring (bicyclic) bond motifs is 1. The monoisotopic (exact) mass is 436 g/mol. The van der Waals surface area contributed by atoms with Gasteiger partial charge in [0.2, 0.25) is 5.91 Å². The molecule has 1 aliphatic heterocycles. The minimum absolute atomic E-state index is 0.00730. The highest BCUT2D eigenvalue weighted by molar-refractivity contribution is 9.10. The second-order valence-corrected chi connectivity index (χ2v) is 7.91. The van der Waals surface area contributed by atoms with Crippen LogP contribution >= 0.6 is 15.9 Å². The third kappa shape index (κ3) is 3.94. The Hall–Kier alpha value is -2.66. The maximum atomic E-state index is 12.5. The van der Waals surface area contributed by atoms with Crippen LogP contribution in [0, 0.1) is 0 Å². The normalized spacial score (nSPS) is 14.2. The molecule has 142 valence electrons. The molecule has 1 aliphatic rings. The zero-order chi connectivity index (χ0) is 19.5. The van der Waals surface area contributed by atoms with Crippen molar-refractivity contribution in [2.45, 2.75) is 19.3 Å². The number of hydrogen-bond acceptors (Lipinski definition) is 2. The van der Waals surface area contributed by atoms with Gasteiger partial charge in [0.25, 0.3) is 0 Å². The van der Waals surface area contributed by atoms with Gasteiger partial charge < -0.3 is 9.88 Å². The lowest BCUT2D eigenvalue weighted by Gasteiger charge is -2.26. The average Bonchev–Trinajstić information content (AvgIpc) is 3.16. The molecule has 0 radical (unpaired) electrons. The molecular formula is C23H21BrN2O2. The summed E-state index contributed by atoms with van der Waals surface area (Å²) < 4.78 is 0.936. The summed E-state index contributed by atoms with van der Waals surface area (Å²) in [4.78, 5) is 29.9. The molecule has 0 saturated heterocycles. The number of para-hydroxylation sites is 1. The molecule has 3 aromatic rings. The van der Waals surface area contributed by atoms with Crippen LogP contribution in [0.2, 0.25) is 0 Å². The standard InChI is InChI=1S/C23H21BrN2O2/c24-18-7-5-17(6-8-18)22(27)9-10-23(28)26-13-11-16(12-14-26)20-15-25-21-4-2-1-3-19(20)21/h1-8,11,15,25H,9-10,12-14H2. The van der Waals surface area contributed by atoms with Crippen LogP contribution in [0.3, 0.4) is 0 Å². The molecule has 1 N–H and O–H groups in total. The molecular weight excluding hydrogens is 416 g/mol. The Balaban J connectivity index is 1.36. The summed E-state index contributed by atoms with van der Waals surface area (Å²) in [5.74, 6) is 0.0487.